The third-order valence-electron chi connectivity index (χ3n) is 6.53. The van der Waals surface area contributed by atoms with Crippen LogP contribution in [0, 0.1) is 0 Å². The molecule has 1 unspecified atom stereocenters. The molecule has 4 heterocycles. The Hall–Kier alpha value is -3.44. The smallest absolute Gasteiger partial charge is 0.324 e. The molecular formula is C26H29ClF3N7O. The summed E-state index contributed by atoms with van der Waals surface area (Å²) in [4.78, 5) is 26.6. The molecule has 0 bridgehead atoms. The molecule has 8 nitrogen and oxygen atoms in total. The van der Waals surface area contributed by atoms with Gasteiger partial charge in [0.1, 0.15) is 11.4 Å². The maximum Gasteiger partial charge on any atom is 0.410 e. The first kappa shape index (κ1) is 27.6. The molecular weight excluding hydrogens is 519 g/mol. The predicted molar refractivity (Wildman–Crippen MR) is 143 cm³/mol. The van der Waals surface area contributed by atoms with Crippen LogP contribution in [0.3, 0.4) is 0 Å². The highest BCUT2D eigenvalue weighted by Crippen LogP contribution is 2.32. The number of hydrogen-bond donors (Lipinski definition) is 2. The lowest BCUT2D eigenvalue weighted by molar-refractivity contribution is -0.167. The van der Waals surface area contributed by atoms with Crippen molar-refractivity contribution in [1.82, 2.24) is 29.6 Å². The van der Waals surface area contributed by atoms with E-state index < -0.39 is 17.8 Å². The van der Waals surface area contributed by atoms with E-state index in [0.29, 0.717) is 10.4 Å². The van der Waals surface area contributed by atoms with Crippen molar-refractivity contribution < 1.29 is 13.2 Å². The van der Waals surface area contributed by atoms with Gasteiger partial charge in [-0.2, -0.15) is 18.2 Å². The van der Waals surface area contributed by atoms with E-state index in [1.165, 1.54) is 11.8 Å². The van der Waals surface area contributed by atoms with Crippen LogP contribution in [0.1, 0.15) is 50.6 Å². The van der Waals surface area contributed by atoms with Crippen LogP contribution < -0.4 is 16.2 Å². The summed E-state index contributed by atoms with van der Waals surface area (Å²) >= 11 is 0. The zero-order valence-corrected chi connectivity index (χ0v) is 22.2. The zero-order chi connectivity index (χ0) is 26.5. The number of alkyl halides is 3. The third kappa shape index (κ3) is 5.12. The van der Waals surface area contributed by atoms with E-state index in [-0.39, 0.29) is 40.6 Å². The van der Waals surface area contributed by atoms with Crippen LogP contribution in [0.15, 0.2) is 47.4 Å². The molecule has 0 aliphatic carbocycles. The van der Waals surface area contributed by atoms with Crippen LogP contribution in [0.4, 0.5) is 24.8 Å². The van der Waals surface area contributed by atoms with Gasteiger partial charge in [0, 0.05) is 29.5 Å². The molecule has 0 fully saturated rings. The van der Waals surface area contributed by atoms with E-state index in [2.05, 4.69) is 25.6 Å². The summed E-state index contributed by atoms with van der Waals surface area (Å²) in [5.74, 6) is 0.328. The number of nitrogens with zero attached hydrogens (tertiary/aromatic N) is 5. The van der Waals surface area contributed by atoms with Crippen LogP contribution in [-0.2, 0) is 18.4 Å². The summed E-state index contributed by atoms with van der Waals surface area (Å²) in [6.07, 6.45) is -2.46. The van der Waals surface area contributed by atoms with Crippen molar-refractivity contribution >= 4 is 35.1 Å². The number of aromatic nitrogens is 5. The molecule has 3 aromatic heterocycles. The lowest BCUT2D eigenvalue weighted by atomic mass is 9.92. The fourth-order valence-electron chi connectivity index (χ4n) is 4.41. The van der Waals surface area contributed by atoms with Crippen LogP contribution in [0.2, 0.25) is 0 Å². The van der Waals surface area contributed by atoms with Crippen molar-refractivity contribution in [3.05, 3.63) is 69.8 Å². The largest absolute Gasteiger partial charge is 0.410 e. The Morgan fingerprint density at radius 2 is 1.84 bits per heavy atom. The highest BCUT2D eigenvalue weighted by atomic mass is 35.5. The maximum atomic E-state index is 13.9. The van der Waals surface area contributed by atoms with Crippen molar-refractivity contribution in [2.24, 2.45) is 0 Å². The number of benzene rings is 1. The highest BCUT2D eigenvalue weighted by molar-refractivity contribution is 5.85. The second kappa shape index (κ2) is 10.0. The number of nitrogens with one attached hydrogen (secondary N) is 2. The molecule has 0 amide bonds. The average Bonchev–Trinajstić information content (AvgIpc) is 3.14. The fraction of sp³-hybridized carbons (Fsp3) is 0.385. The van der Waals surface area contributed by atoms with Gasteiger partial charge in [-0.1, -0.05) is 32.9 Å². The lowest BCUT2D eigenvalue weighted by Crippen LogP contribution is -2.34. The minimum atomic E-state index is -4.66. The Balaban J connectivity index is 0.00000336. The number of anilines is 2. The SMILES string of the molecule is CC(n1c(=O)c2cnc(Nc3ccc4c(c3)CNCC4)nc2n1-c1cccc(C(C)(C)C)n1)C(F)(F)F.Cl. The average molecular weight is 548 g/mol. The van der Waals surface area contributed by atoms with Crippen molar-refractivity contribution in [1.29, 1.82) is 0 Å². The van der Waals surface area contributed by atoms with Gasteiger partial charge in [-0.3, -0.25) is 4.79 Å². The van der Waals surface area contributed by atoms with Gasteiger partial charge in [-0.05, 0) is 55.3 Å². The minimum absolute atomic E-state index is 0. The molecule has 5 rings (SSSR count). The van der Waals surface area contributed by atoms with Gasteiger partial charge >= 0.3 is 6.18 Å². The normalized spacial score (nSPS) is 14.6. The summed E-state index contributed by atoms with van der Waals surface area (Å²) in [6, 6.07) is 8.92. The maximum absolute atomic E-state index is 13.9. The predicted octanol–water partition coefficient (Wildman–Crippen LogP) is 5.21. The molecule has 202 valence electrons. The molecule has 4 aromatic rings. The Labute approximate surface area is 223 Å². The standard InChI is InChI=1S/C26H28F3N7O.ClH/c1-15(26(27,28)29)35-23(37)19-14-31-24(32-18-9-8-16-10-11-30-13-17(16)12-18)34-22(19)36(35)21-7-5-6-20(33-21)25(2,3)4;/h5-9,12,14-15,30H,10-11,13H2,1-4H3,(H,31,32,34);1H. The molecule has 1 atom stereocenters. The molecule has 1 aliphatic heterocycles. The van der Waals surface area contributed by atoms with Crippen molar-refractivity contribution in [3.63, 3.8) is 0 Å². The quantitative estimate of drug-likeness (QED) is 0.365. The van der Waals surface area contributed by atoms with E-state index in [1.54, 1.807) is 18.2 Å². The molecule has 0 spiro atoms. The number of halogens is 4. The monoisotopic (exact) mass is 547 g/mol. The molecule has 1 aromatic carbocycles. The molecule has 12 heteroatoms. The summed E-state index contributed by atoms with van der Waals surface area (Å²) in [7, 11) is 0. The van der Waals surface area contributed by atoms with Crippen LogP contribution >= 0.6 is 12.4 Å². The van der Waals surface area contributed by atoms with Gasteiger partial charge in [0.15, 0.2) is 11.5 Å². The van der Waals surface area contributed by atoms with E-state index in [1.807, 2.05) is 39.0 Å². The Morgan fingerprint density at radius 1 is 1.08 bits per heavy atom. The molecule has 2 N–H and O–H groups in total. The molecule has 38 heavy (non-hydrogen) atoms. The van der Waals surface area contributed by atoms with Crippen molar-refractivity contribution in [3.8, 4) is 5.82 Å². The summed E-state index contributed by atoms with van der Waals surface area (Å²) < 4.78 is 43.4. The van der Waals surface area contributed by atoms with Gasteiger partial charge in [0.2, 0.25) is 5.95 Å². The highest BCUT2D eigenvalue weighted by Gasteiger charge is 2.41. The molecule has 0 radical (unpaired) electrons. The van der Waals surface area contributed by atoms with Crippen LogP contribution in [-0.4, -0.2) is 37.0 Å². The number of pyridine rings is 1. The first-order chi connectivity index (χ1) is 17.4. The molecule has 0 saturated carbocycles. The third-order valence-corrected chi connectivity index (χ3v) is 6.53. The van der Waals surface area contributed by atoms with Gasteiger partial charge in [0.05, 0.1) is 0 Å². The Morgan fingerprint density at radius 3 is 2.55 bits per heavy atom. The van der Waals surface area contributed by atoms with Gasteiger partial charge in [0.25, 0.3) is 5.56 Å². The van der Waals surface area contributed by atoms with E-state index in [9.17, 15) is 18.0 Å². The second-order valence-electron chi connectivity index (χ2n) is 10.3. The molecule has 0 saturated heterocycles. The first-order valence-electron chi connectivity index (χ1n) is 12.1. The van der Waals surface area contributed by atoms with E-state index in [4.69, 9.17) is 0 Å². The molecule has 1 aliphatic rings. The zero-order valence-electron chi connectivity index (χ0n) is 21.4. The van der Waals surface area contributed by atoms with E-state index in [0.717, 1.165) is 42.4 Å². The van der Waals surface area contributed by atoms with Gasteiger partial charge < -0.3 is 10.6 Å². The van der Waals surface area contributed by atoms with Crippen molar-refractivity contribution in [2.45, 2.75) is 58.3 Å². The van der Waals surface area contributed by atoms with Crippen molar-refractivity contribution in [2.75, 3.05) is 11.9 Å². The van der Waals surface area contributed by atoms with E-state index >= 15 is 0 Å². The van der Waals surface area contributed by atoms with Gasteiger partial charge in [-0.25, -0.2) is 19.3 Å². The summed E-state index contributed by atoms with van der Waals surface area (Å²) in [5, 5.41) is 6.43. The summed E-state index contributed by atoms with van der Waals surface area (Å²) in [5.41, 5.74) is 2.67. The second-order valence-corrected chi connectivity index (χ2v) is 10.3. The number of rotatable bonds is 4. The first-order valence-corrected chi connectivity index (χ1v) is 12.1. The summed E-state index contributed by atoms with van der Waals surface area (Å²) in [6.45, 7) is 8.48. The number of hydrogen-bond acceptors (Lipinski definition) is 6. The van der Waals surface area contributed by atoms with Crippen LogP contribution in [0.25, 0.3) is 16.9 Å². The number of fused-ring (bicyclic) bond motifs is 2. The Kier molecular flexibility index (Phi) is 7.28. The fourth-order valence-corrected chi connectivity index (χ4v) is 4.41. The lowest BCUT2D eigenvalue weighted by Gasteiger charge is -2.22. The van der Waals surface area contributed by atoms with Crippen LogP contribution in [0.5, 0.6) is 0 Å². The topological polar surface area (TPSA) is 89.7 Å². The Bertz CT molecular complexity index is 1540. The van der Waals surface area contributed by atoms with Gasteiger partial charge in [-0.15, -0.1) is 12.4 Å². The minimum Gasteiger partial charge on any atom is -0.324 e.